The quantitative estimate of drug-likeness (QED) is 0.696. The van der Waals surface area contributed by atoms with Gasteiger partial charge in [-0.25, -0.2) is 0 Å². The molecule has 0 fully saturated rings. The Kier molecular flexibility index (Phi) is 5.37. The molecule has 0 saturated carbocycles. The van der Waals surface area contributed by atoms with Gasteiger partial charge in [0.15, 0.2) is 0 Å². The maximum absolute atomic E-state index is 12.5. The van der Waals surface area contributed by atoms with Crippen molar-refractivity contribution < 1.29 is 4.79 Å². The molecule has 3 rings (SSSR count). The minimum Gasteiger partial charge on any atom is -0.325 e. The number of rotatable bonds is 5. The van der Waals surface area contributed by atoms with Crippen molar-refractivity contribution in [2.75, 3.05) is 5.32 Å². The van der Waals surface area contributed by atoms with Crippen molar-refractivity contribution >= 4 is 23.4 Å². The largest absolute Gasteiger partial charge is 0.325 e. The fourth-order valence-electron chi connectivity index (χ4n) is 2.46. The van der Waals surface area contributed by atoms with Crippen LogP contribution >= 0.6 is 11.8 Å². The fraction of sp³-hybridized carbons (Fsp3) is 0.263. The van der Waals surface area contributed by atoms with Gasteiger partial charge in [0.2, 0.25) is 11.1 Å². The number of anilines is 1. The molecule has 0 bridgehead atoms. The predicted octanol–water partition coefficient (Wildman–Crippen LogP) is 3.71. The summed E-state index contributed by atoms with van der Waals surface area (Å²) in [6.45, 7) is 7.94. The second kappa shape index (κ2) is 7.70. The topological polar surface area (TPSA) is 72.7 Å². The van der Waals surface area contributed by atoms with E-state index in [1.807, 2.05) is 70.2 Å². The van der Waals surface area contributed by atoms with Crippen molar-refractivity contribution in [2.24, 2.45) is 0 Å². The second-order valence-electron chi connectivity index (χ2n) is 6.21. The zero-order valence-corrected chi connectivity index (χ0v) is 16.0. The van der Waals surface area contributed by atoms with Crippen LogP contribution in [0.4, 0.5) is 5.69 Å². The number of tetrazole rings is 1. The van der Waals surface area contributed by atoms with Gasteiger partial charge in [-0.3, -0.25) is 4.79 Å². The summed E-state index contributed by atoms with van der Waals surface area (Å²) in [7, 11) is 0. The van der Waals surface area contributed by atoms with E-state index in [0.717, 1.165) is 22.5 Å². The number of nitrogens with one attached hydrogen (secondary N) is 1. The standard InChI is InChI=1S/C19H21N5OS/c1-12-8-10-16(11-9-12)20-18(25)15(4)26-19-21-22-23-24(19)17-7-5-6-13(2)14(17)3/h5-11,15H,1-4H3,(H,20,25). The van der Waals surface area contributed by atoms with E-state index >= 15 is 0 Å². The van der Waals surface area contributed by atoms with Gasteiger partial charge in [-0.1, -0.05) is 41.6 Å². The van der Waals surface area contributed by atoms with Gasteiger partial charge in [0.05, 0.1) is 10.9 Å². The van der Waals surface area contributed by atoms with Crippen molar-refractivity contribution in [3.05, 3.63) is 59.2 Å². The van der Waals surface area contributed by atoms with Crippen molar-refractivity contribution in [3.8, 4) is 5.69 Å². The van der Waals surface area contributed by atoms with E-state index in [0.29, 0.717) is 5.16 Å². The molecule has 3 aromatic rings. The zero-order valence-electron chi connectivity index (χ0n) is 15.2. The molecular formula is C19H21N5OS. The highest BCUT2D eigenvalue weighted by molar-refractivity contribution is 8.00. The van der Waals surface area contributed by atoms with Gasteiger partial charge in [0.1, 0.15) is 0 Å². The maximum Gasteiger partial charge on any atom is 0.237 e. The molecule has 0 saturated heterocycles. The normalized spacial score (nSPS) is 12.0. The highest BCUT2D eigenvalue weighted by Crippen LogP contribution is 2.26. The van der Waals surface area contributed by atoms with Gasteiger partial charge in [-0.15, -0.1) is 5.10 Å². The van der Waals surface area contributed by atoms with Crippen LogP contribution in [0.5, 0.6) is 0 Å². The van der Waals surface area contributed by atoms with Gasteiger partial charge in [0, 0.05) is 5.69 Å². The van der Waals surface area contributed by atoms with Crippen molar-refractivity contribution in [2.45, 2.75) is 38.1 Å². The van der Waals surface area contributed by atoms with Crippen LogP contribution in [-0.4, -0.2) is 31.4 Å². The molecule has 1 atom stereocenters. The Bertz CT molecular complexity index is 920. The van der Waals surface area contributed by atoms with Crippen LogP contribution in [0.2, 0.25) is 0 Å². The molecule has 0 radical (unpaired) electrons. The number of benzene rings is 2. The van der Waals surface area contributed by atoms with E-state index in [-0.39, 0.29) is 11.2 Å². The van der Waals surface area contributed by atoms with Crippen LogP contribution in [-0.2, 0) is 4.79 Å². The average Bonchev–Trinajstić information content (AvgIpc) is 3.07. The van der Waals surface area contributed by atoms with Crippen LogP contribution in [0.15, 0.2) is 47.6 Å². The first-order valence-corrected chi connectivity index (χ1v) is 9.23. The first kappa shape index (κ1) is 18.1. The Hall–Kier alpha value is -2.67. The van der Waals surface area contributed by atoms with Crippen LogP contribution in [0.25, 0.3) is 5.69 Å². The lowest BCUT2D eigenvalue weighted by Gasteiger charge is -2.13. The summed E-state index contributed by atoms with van der Waals surface area (Å²) >= 11 is 1.33. The molecule has 0 aliphatic carbocycles. The number of aryl methyl sites for hydroxylation is 2. The van der Waals surface area contributed by atoms with E-state index in [9.17, 15) is 4.79 Å². The summed E-state index contributed by atoms with van der Waals surface area (Å²) in [4.78, 5) is 12.5. The Morgan fingerprint density at radius 2 is 1.85 bits per heavy atom. The van der Waals surface area contributed by atoms with Gasteiger partial charge in [0.25, 0.3) is 0 Å². The predicted molar refractivity (Wildman–Crippen MR) is 104 cm³/mol. The van der Waals surface area contributed by atoms with E-state index in [4.69, 9.17) is 0 Å². The van der Waals surface area contributed by atoms with Gasteiger partial charge < -0.3 is 5.32 Å². The summed E-state index contributed by atoms with van der Waals surface area (Å²) < 4.78 is 1.68. The lowest BCUT2D eigenvalue weighted by atomic mass is 10.1. The Morgan fingerprint density at radius 3 is 2.58 bits per heavy atom. The van der Waals surface area contributed by atoms with Crippen LogP contribution < -0.4 is 5.32 Å². The first-order chi connectivity index (χ1) is 12.5. The van der Waals surface area contributed by atoms with Crippen LogP contribution in [0, 0.1) is 20.8 Å². The van der Waals surface area contributed by atoms with Gasteiger partial charge in [-0.05, 0) is 67.4 Å². The molecule has 1 amide bonds. The molecule has 6 nitrogen and oxygen atoms in total. The molecular weight excluding hydrogens is 346 g/mol. The van der Waals surface area contributed by atoms with Crippen molar-refractivity contribution in [3.63, 3.8) is 0 Å². The number of hydrogen-bond donors (Lipinski definition) is 1. The number of nitrogens with zero attached hydrogens (tertiary/aromatic N) is 4. The molecule has 1 heterocycles. The lowest BCUT2D eigenvalue weighted by Crippen LogP contribution is -2.23. The van der Waals surface area contributed by atoms with Crippen LogP contribution in [0.1, 0.15) is 23.6 Å². The van der Waals surface area contributed by atoms with E-state index in [1.165, 1.54) is 17.3 Å². The molecule has 1 N–H and O–H groups in total. The number of amides is 1. The third-order valence-electron chi connectivity index (χ3n) is 4.22. The Labute approximate surface area is 157 Å². The Balaban J connectivity index is 1.75. The fourth-order valence-corrected chi connectivity index (χ4v) is 3.26. The SMILES string of the molecule is Cc1ccc(NC(=O)C(C)Sc2nnnn2-c2cccc(C)c2C)cc1. The molecule has 7 heteroatoms. The molecule has 26 heavy (non-hydrogen) atoms. The lowest BCUT2D eigenvalue weighted by molar-refractivity contribution is -0.115. The number of hydrogen-bond acceptors (Lipinski definition) is 5. The third-order valence-corrected chi connectivity index (χ3v) is 5.25. The van der Waals surface area contributed by atoms with E-state index < -0.39 is 0 Å². The monoisotopic (exact) mass is 367 g/mol. The van der Waals surface area contributed by atoms with Gasteiger partial charge >= 0.3 is 0 Å². The highest BCUT2D eigenvalue weighted by atomic mass is 32.2. The summed E-state index contributed by atoms with van der Waals surface area (Å²) in [6.07, 6.45) is 0. The molecule has 1 unspecified atom stereocenters. The minimum atomic E-state index is -0.342. The average molecular weight is 367 g/mol. The molecule has 0 aliphatic heterocycles. The second-order valence-corrected chi connectivity index (χ2v) is 7.52. The summed E-state index contributed by atoms with van der Waals surface area (Å²) in [5.41, 5.74) is 5.13. The minimum absolute atomic E-state index is 0.0885. The van der Waals surface area contributed by atoms with Crippen molar-refractivity contribution in [1.82, 2.24) is 20.2 Å². The first-order valence-electron chi connectivity index (χ1n) is 8.35. The molecule has 2 aromatic carbocycles. The molecule has 0 spiro atoms. The third kappa shape index (κ3) is 3.94. The number of aromatic nitrogens is 4. The van der Waals surface area contributed by atoms with E-state index in [1.54, 1.807) is 4.68 Å². The molecule has 134 valence electrons. The summed E-state index contributed by atoms with van der Waals surface area (Å²) in [5, 5.41) is 15.1. The summed E-state index contributed by atoms with van der Waals surface area (Å²) in [5.74, 6) is -0.0885. The van der Waals surface area contributed by atoms with Crippen LogP contribution in [0.3, 0.4) is 0 Å². The smallest absolute Gasteiger partial charge is 0.237 e. The summed E-state index contributed by atoms with van der Waals surface area (Å²) in [6, 6.07) is 13.7. The van der Waals surface area contributed by atoms with Crippen molar-refractivity contribution in [1.29, 1.82) is 0 Å². The zero-order chi connectivity index (χ0) is 18.7. The highest BCUT2D eigenvalue weighted by Gasteiger charge is 2.20. The number of carbonyl (C=O) groups excluding carboxylic acids is 1. The molecule has 1 aromatic heterocycles. The molecule has 0 aliphatic rings. The van der Waals surface area contributed by atoms with E-state index in [2.05, 4.69) is 20.8 Å². The van der Waals surface area contributed by atoms with Gasteiger partial charge in [-0.2, -0.15) is 4.68 Å². The Morgan fingerprint density at radius 1 is 1.12 bits per heavy atom. The number of thioether (sulfide) groups is 1. The number of carbonyl (C=O) groups is 1. The maximum atomic E-state index is 12.5.